The number of benzene rings is 2. The number of halogens is 5. The first-order chi connectivity index (χ1) is 9.72. The summed E-state index contributed by atoms with van der Waals surface area (Å²) < 4.78 is 53.1. The molecule has 0 unspecified atom stereocenters. The Morgan fingerprint density at radius 1 is 1.10 bits per heavy atom. The van der Waals surface area contributed by atoms with Gasteiger partial charge in [-0.1, -0.05) is 29.3 Å². The van der Waals surface area contributed by atoms with Crippen LogP contribution >= 0.6 is 39.1 Å². The van der Waals surface area contributed by atoms with Crippen molar-refractivity contribution in [1.29, 1.82) is 0 Å². The molecule has 0 aliphatic heterocycles. The van der Waals surface area contributed by atoms with E-state index in [0.29, 0.717) is 6.07 Å². The lowest BCUT2D eigenvalue weighted by Gasteiger charge is -2.13. The fourth-order valence-electron chi connectivity index (χ4n) is 1.56. The lowest BCUT2D eigenvalue weighted by Crippen LogP contribution is -2.15. The predicted molar refractivity (Wildman–Crippen MR) is 81.3 cm³/mol. The van der Waals surface area contributed by atoms with Gasteiger partial charge in [0.2, 0.25) is 0 Å². The summed E-state index contributed by atoms with van der Waals surface area (Å²) in [5.74, 6) is -1.92. The maximum absolute atomic E-state index is 13.7. The van der Waals surface area contributed by atoms with Crippen molar-refractivity contribution in [2.75, 3.05) is 4.72 Å². The highest BCUT2D eigenvalue weighted by molar-refractivity contribution is 9.10. The molecule has 0 saturated carbocycles. The molecule has 2 rings (SSSR count). The van der Waals surface area contributed by atoms with Gasteiger partial charge in [-0.25, -0.2) is 17.2 Å². The van der Waals surface area contributed by atoms with Crippen LogP contribution in [0.4, 0.5) is 14.5 Å². The minimum Gasteiger partial charge on any atom is -0.275 e. The maximum Gasteiger partial charge on any atom is 0.265 e. The van der Waals surface area contributed by atoms with E-state index in [2.05, 4.69) is 15.9 Å². The maximum atomic E-state index is 13.7. The molecular weight excluding hydrogens is 411 g/mol. The monoisotopic (exact) mass is 415 g/mol. The van der Waals surface area contributed by atoms with Crippen LogP contribution in [0.5, 0.6) is 0 Å². The highest BCUT2D eigenvalue weighted by Crippen LogP contribution is 2.33. The smallest absolute Gasteiger partial charge is 0.265 e. The van der Waals surface area contributed by atoms with Crippen molar-refractivity contribution in [2.24, 2.45) is 0 Å². The minimum absolute atomic E-state index is 0.0910. The summed E-state index contributed by atoms with van der Waals surface area (Å²) in [5.41, 5.74) is -0.438. The van der Waals surface area contributed by atoms with Gasteiger partial charge in [-0.05, 0) is 34.1 Å². The molecule has 0 atom stereocenters. The van der Waals surface area contributed by atoms with E-state index in [-0.39, 0.29) is 19.4 Å². The third kappa shape index (κ3) is 3.48. The zero-order valence-electron chi connectivity index (χ0n) is 10.0. The molecule has 0 radical (unpaired) electrons. The van der Waals surface area contributed by atoms with Crippen molar-refractivity contribution in [1.82, 2.24) is 0 Å². The molecule has 0 bridgehead atoms. The molecule has 21 heavy (non-hydrogen) atoms. The van der Waals surface area contributed by atoms with Crippen molar-refractivity contribution >= 4 is 54.8 Å². The molecule has 112 valence electrons. The van der Waals surface area contributed by atoms with Crippen LogP contribution in [-0.4, -0.2) is 8.42 Å². The number of anilines is 1. The number of hydrogen-bond acceptors (Lipinski definition) is 2. The van der Waals surface area contributed by atoms with Gasteiger partial charge in [0, 0.05) is 10.5 Å². The Morgan fingerprint density at radius 2 is 1.67 bits per heavy atom. The largest absolute Gasteiger partial charge is 0.275 e. The Bertz CT molecular complexity index is 772. The molecule has 2 aromatic carbocycles. The van der Waals surface area contributed by atoms with Crippen molar-refractivity contribution in [2.45, 2.75) is 4.90 Å². The lowest BCUT2D eigenvalue weighted by molar-refractivity contribution is 0.581. The summed E-state index contributed by atoms with van der Waals surface area (Å²) in [6, 6.07) is 5.61. The molecule has 0 fully saturated rings. The average Bonchev–Trinajstić information content (AvgIpc) is 2.33. The molecular formula is C12H6BrCl2F2NO2S. The molecule has 2 aromatic rings. The van der Waals surface area contributed by atoms with Gasteiger partial charge >= 0.3 is 0 Å². The number of rotatable bonds is 3. The number of sulfonamides is 1. The molecule has 0 amide bonds. The third-order valence-corrected chi connectivity index (χ3v) is 5.36. The third-order valence-electron chi connectivity index (χ3n) is 2.43. The van der Waals surface area contributed by atoms with E-state index < -0.39 is 27.3 Å². The summed E-state index contributed by atoms with van der Waals surface area (Å²) >= 11 is 14.5. The number of hydrogen-bond donors (Lipinski definition) is 1. The van der Waals surface area contributed by atoms with E-state index >= 15 is 0 Å². The zero-order valence-corrected chi connectivity index (χ0v) is 13.9. The van der Waals surface area contributed by atoms with Gasteiger partial charge in [-0.15, -0.1) is 0 Å². The Hall–Kier alpha value is -0.890. The second-order valence-corrected chi connectivity index (χ2v) is 7.19. The second-order valence-electron chi connectivity index (χ2n) is 3.90. The fraction of sp³-hybridized carbons (Fsp3) is 0. The minimum atomic E-state index is -4.24. The van der Waals surface area contributed by atoms with Crippen LogP contribution in [-0.2, 0) is 10.0 Å². The molecule has 0 heterocycles. The van der Waals surface area contributed by atoms with Gasteiger partial charge in [0.05, 0.1) is 15.7 Å². The quantitative estimate of drug-likeness (QED) is 0.778. The van der Waals surface area contributed by atoms with Gasteiger partial charge in [-0.3, -0.25) is 4.72 Å². The Balaban J connectivity index is 2.53. The van der Waals surface area contributed by atoms with Crippen molar-refractivity contribution in [3.8, 4) is 0 Å². The van der Waals surface area contributed by atoms with Gasteiger partial charge in [0.1, 0.15) is 10.7 Å². The van der Waals surface area contributed by atoms with E-state index in [0.717, 1.165) is 6.07 Å². The first-order valence-electron chi connectivity index (χ1n) is 5.34. The normalized spacial score (nSPS) is 11.5. The molecule has 9 heteroatoms. The second kappa shape index (κ2) is 6.08. The van der Waals surface area contributed by atoms with Gasteiger partial charge in [-0.2, -0.15) is 0 Å². The van der Waals surface area contributed by atoms with Crippen LogP contribution in [0.1, 0.15) is 0 Å². The molecule has 0 spiro atoms. The standard InChI is InChI=1S/C12H6BrCl2F2NO2S/c13-7-4-6(16)5-10(17)11(7)18-21(19,20)12-8(14)2-1-3-9(12)15/h1-5,18H. The van der Waals surface area contributed by atoms with E-state index in [1.807, 2.05) is 4.72 Å². The molecule has 1 N–H and O–H groups in total. The van der Waals surface area contributed by atoms with E-state index in [1.54, 1.807) is 0 Å². The fourth-order valence-corrected chi connectivity index (χ4v) is 4.44. The van der Waals surface area contributed by atoms with Crippen LogP contribution in [0, 0.1) is 11.6 Å². The van der Waals surface area contributed by atoms with Gasteiger partial charge < -0.3 is 0 Å². The van der Waals surface area contributed by atoms with Crippen LogP contribution < -0.4 is 4.72 Å². The number of nitrogens with one attached hydrogen (secondary N) is 1. The van der Waals surface area contributed by atoms with E-state index in [1.165, 1.54) is 18.2 Å². The molecule has 0 aromatic heterocycles. The summed E-state index contributed by atoms with van der Waals surface area (Å²) in [7, 11) is -4.24. The summed E-state index contributed by atoms with van der Waals surface area (Å²) in [4.78, 5) is -0.385. The average molecular weight is 417 g/mol. The van der Waals surface area contributed by atoms with E-state index in [9.17, 15) is 17.2 Å². The first kappa shape index (κ1) is 16.5. The van der Waals surface area contributed by atoms with Crippen LogP contribution in [0.3, 0.4) is 0 Å². The SMILES string of the molecule is O=S(=O)(Nc1c(F)cc(F)cc1Br)c1c(Cl)cccc1Cl. The Kier molecular flexibility index (Phi) is 4.77. The van der Waals surface area contributed by atoms with Gasteiger partial charge in [0.25, 0.3) is 10.0 Å². The van der Waals surface area contributed by atoms with Crippen LogP contribution in [0.25, 0.3) is 0 Å². The van der Waals surface area contributed by atoms with Crippen LogP contribution in [0.2, 0.25) is 10.0 Å². The summed E-state index contributed by atoms with van der Waals surface area (Å²) in [6.07, 6.45) is 0. The Labute approximate surface area is 138 Å². The lowest BCUT2D eigenvalue weighted by atomic mass is 10.3. The molecule has 0 aliphatic rings. The predicted octanol–water partition coefficient (Wildman–Crippen LogP) is 4.83. The summed E-state index contributed by atoms with van der Waals surface area (Å²) in [6.45, 7) is 0. The highest BCUT2D eigenvalue weighted by Gasteiger charge is 2.24. The van der Waals surface area contributed by atoms with Crippen molar-refractivity contribution < 1.29 is 17.2 Å². The Morgan fingerprint density at radius 3 is 2.19 bits per heavy atom. The van der Waals surface area contributed by atoms with Crippen molar-refractivity contribution in [3.05, 3.63) is 56.5 Å². The highest BCUT2D eigenvalue weighted by atomic mass is 79.9. The molecule has 3 nitrogen and oxygen atoms in total. The van der Waals surface area contributed by atoms with Crippen molar-refractivity contribution in [3.63, 3.8) is 0 Å². The summed E-state index contributed by atoms with van der Waals surface area (Å²) in [5, 5.41) is -0.234. The molecule has 0 aliphatic carbocycles. The molecule has 0 saturated heterocycles. The first-order valence-corrected chi connectivity index (χ1v) is 8.37. The zero-order chi connectivity index (χ0) is 15.8. The van der Waals surface area contributed by atoms with Gasteiger partial charge in [0.15, 0.2) is 5.82 Å². The van der Waals surface area contributed by atoms with Crippen LogP contribution in [0.15, 0.2) is 39.7 Å². The topological polar surface area (TPSA) is 46.2 Å². The van der Waals surface area contributed by atoms with E-state index in [4.69, 9.17) is 23.2 Å².